The van der Waals surface area contributed by atoms with Crippen LogP contribution in [0.25, 0.3) is 0 Å². The molecular formula is C13H10Cl4O4. The summed E-state index contributed by atoms with van der Waals surface area (Å²) in [7, 11) is 2.77. The van der Waals surface area contributed by atoms with Crippen LogP contribution in [-0.2, 0) is 19.1 Å². The highest BCUT2D eigenvalue weighted by Gasteiger charge is 3.12. The zero-order valence-corrected chi connectivity index (χ0v) is 14.0. The molecule has 5 aliphatic rings. The minimum Gasteiger partial charge on any atom is -0.350 e. The Morgan fingerprint density at radius 1 is 0.714 bits per heavy atom. The van der Waals surface area contributed by atoms with Crippen LogP contribution in [0.15, 0.2) is 0 Å². The molecule has 21 heavy (non-hydrogen) atoms. The number of hydrogen-bond donors (Lipinski definition) is 0. The molecule has 5 aliphatic carbocycles. The van der Waals surface area contributed by atoms with Crippen LogP contribution < -0.4 is 0 Å². The van der Waals surface area contributed by atoms with Crippen LogP contribution in [0.4, 0.5) is 0 Å². The lowest BCUT2D eigenvalue weighted by Gasteiger charge is -2.57. The highest BCUT2D eigenvalue weighted by atomic mass is 35.5. The van der Waals surface area contributed by atoms with E-state index in [0.717, 1.165) is 0 Å². The molecule has 5 saturated carbocycles. The monoisotopic (exact) mass is 370 g/mol. The zero-order chi connectivity index (χ0) is 15.4. The molecule has 114 valence electrons. The Morgan fingerprint density at radius 2 is 1.00 bits per heavy atom. The minimum atomic E-state index is -1.58. The van der Waals surface area contributed by atoms with Gasteiger partial charge >= 0.3 is 0 Å². The summed E-state index contributed by atoms with van der Waals surface area (Å²) in [6, 6.07) is 0. The molecule has 8 heteroatoms. The van der Waals surface area contributed by atoms with E-state index in [1.807, 2.05) is 0 Å². The van der Waals surface area contributed by atoms with Gasteiger partial charge in [0.05, 0.1) is 23.7 Å². The second-order valence-electron chi connectivity index (χ2n) is 6.59. The second kappa shape index (κ2) is 3.03. The molecule has 5 fully saturated rings. The Balaban J connectivity index is 1.99. The van der Waals surface area contributed by atoms with E-state index < -0.39 is 49.0 Å². The van der Waals surface area contributed by atoms with Crippen molar-refractivity contribution in [2.45, 2.75) is 25.3 Å². The van der Waals surface area contributed by atoms with E-state index >= 15 is 0 Å². The second-order valence-corrected chi connectivity index (χ2v) is 8.97. The first-order valence-electron chi connectivity index (χ1n) is 6.61. The molecule has 0 radical (unpaired) electrons. The largest absolute Gasteiger partial charge is 0.350 e. The van der Waals surface area contributed by atoms with Gasteiger partial charge in [0, 0.05) is 14.2 Å². The van der Waals surface area contributed by atoms with Gasteiger partial charge in [-0.25, -0.2) is 0 Å². The average molecular weight is 372 g/mol. The number of ketones is 2. The van der Waals surface area contributed by atoms with Crippen LogP contribution in [0.3, 0.4) is 0 Å². The average Bonchev–Trinajstić information content (AvgIpc) is 2.73. The smallest absolute Gasteiger partial charge is 0.211 e. The van der Waals surface area contributed by atoms with Gasteiger partial charge in [-0.05, 0) is 0 Å². The van der Waals surface area contributed by atoms with Gasteiger partial charge in [0.1, 0.15) is 31.1 Å². The normalized spacial score (nSPS) is 67.3. The van der Waals surface area contributed by atoms with E-state index in [9.17, 15) is 9.59 Å². The Labute approximate surface area is 140 Å². The zero-order valence-electron chi connectivity index (χ0n) is 11.0. The minimum absolute atomic E-state index is 0.135. The maximum absolute atomic E-state index is 12.7. The number of carbonyl (C=O) groups is 2. The highest BCUT2D eigenvalue weighted by molar-refractivity contribution is 6.56. The summed E-state index contributed by atoms with van der Waals surface area (Å²) in [5.41, 5.74) is 0. The van der Waals surface area contributed by atoms with Crippen LogP contribution in [0.2, 0.25) is 0 Å². The molecule has 0 amide bonds. The Bertz CT molecular complexity index is 613. The van der Waals surface area contributed by atoms with Gasteiger partial charge in [0.2, 0.25) is 5.79 Å². The van der Waals surface area contributed by atoms with Crippen LogP contribution in [-0.4, -0.2) is 51.1 Å². The number of Topliss-reactive ketones (excluding diaryl/α,β-unsaturated/α-hetero) is 2. The SMILES string of the molecule is COC1(OC)C2(Cl)C3C(=O)C4C5C(=O)C3C1(Cl)C5(Cl)C42Cl. The lowest BCUT2D eigenvalue weighted by Crippen LogP contribution is -2.73. The van der Waals surface area contributed by atoms with Crippen molar-refractivity contribution in [1.29, 1.82) is 0 Å². The number of ether oxygens (including phenoxy) is 2. The van der Waals surface area contributed by atoms with Crippen molar-refractivity contribution < 1.29 is 19.1 Å². The lowest BCUT2D eigenvalue weighted by molar-refractivity contribution is -0.224. The number of fused-ring (bicyclic) bond motifs is 2. The van der Waals surface area contributed by atoms with Crippen molar-refractivity contribution in [2.75, 3.05) is 14.2 Å². The molecule has 0 aromatic rings. The lowest BCUT2D eigenvalue weighted by atomic mass is 9.57. The number of rotatable bonds is 2. The number of alkyl halides is 4. The number of methoxy groups -OCH3 is 2. The fourth-order valence-electron chi connectivity index (χ4n) is 6.37. The molecular weight excluding hydrogens is 362 g/mol. The molecule has 0 saturated heterocycles. The van der Waals surface area contributed by atoms with E-state index in [1.54, 1.807) is 0 Å². The standard InChI is InChI=1S/C13H10Cl4O4/c1-20-13(21-2)11(16)5-6-8(19)4-3(7(5)18)9(11,14)10(4,15)12(6,13)17/h3-6H,1-2H3. The van der Waals surface area contributed by atoms with Gasteiger partial charge < -0.3 is 9.47 Å². The summed E-state index contributed by atoms with van der Waals surface area (Å²) in [6.45, 7) is 0. The Hall–Kier alpha value is 0.420. The molecule has 0 heterocycles. The van der Waals surface area contributed by atoms with Gasteiger partial charge in [-0.1, -0.05) is 0 Å². The summed E-state index contributed by atoms with van der Waals surface area (Å²) >= 11 is 27.4. The molecule has 0 aromatic carbocycles. The number of carbonyl (C=O) groups excluding carboxylic acids is 2. The summed E-state index contributed by atoms with van der Waals surface area (Å²) in [5, 5.41) is 0. The van der Waals surface area contributed by atoms with E-state index in [-0.39, 0.29) is 11.6 Å². The van der Waals surface area contributed by atoms with Crippen molar-refractivity contribution in [3.63, 3.8) is 0 Å². The first-order valence-corrected chi connectivity index (χ1v) is 8.13. The molecule has 0 aromatic heterocycles. The maximum Gasteiger partial charge on any atom is 0.211 e. The van der Waals surface area contributed by atoms with Crippen molar-refractivity contribution in [3.8, 4) is 0 Å². The summed E-state index contributed by atoms with van der Waals surface area (Å²) in [5.74, 6) is -4.86. The quantitative estimate of drug-likeness (QED) is 0.546. The topological polar surface area (TPSA) is 52.6 Å². The van der Waals surface area contributed by atoms with Crippen molar-refractivity contribution in [3.05, 3.63) is 0 Å². The van der Waals surface area contributed by atoms with E-state index in [4.69, 9.17) is 55.9 Å². The summed E-state index contributed by atoms with van der Waals surface area (Å²) in [4.78, 5) is 19.9. The molecule has 0 aliphatic heterocycles. The summed E-state index contributed by atoms with van der Waals surface area (Å²) < 4.78 is 11.2. The first-order chi connectivity index (χ1) is 9.68. The van der Waals surface area contributed by atoms with E-state index in [1.165, 1.54) is 14.2 Å². The fourth-order valence-corrected chi connectivity index (χ4v) is 9.60. The molecule has 4 nitrogen and oxygen atoms in total. The fraction of sp³-hybridized carbons (Fsp3) is 0.846. The number of hydrogen-bond acceptors (Lipinski definition) is 4. The van der Waals surface area contributed by atoms with Crippen molar-refractivity contribution >= 4 is 58.0 Å². The Kier molecular flexibility index (Phi) is 1.99. The van der Waals surface area contributed by atoms with E-state index in [0.29, 0.717) is 0 Å². The van der Waals surface area contributed by atoms with Crippen LogP contribution in [0.1, 0.15) is 0 Å². The maximum atomic E-state index is 12.7. The van der Waals surface area contributed by atoms with Gasteiger partial charge in [-0.3, -0.25) is 9.59 Å². The van der Waals surface area contributed by atoms with Crippen molar-refractivity contribution in [2.24, 2.45) is 23.7 Å². The van der Waals surface area contributed by atoms with Gasteiger partial charge in [-0.2, -0.15) is 0 Å². The predicted molar refractivity (Wildman–Crippen MR) is 75.1 cm³/mol. The predicted octanol–water partition coefficient (Wildman–Crippen LogP) is 1.56. The molecule has 5 rings (SSSR count). The number of halogens is 4. The van der Waals surface area contributed by atoms with Gasteiger partial charge in [0.25, 0.3) is 0 Å². The molecule has 2 bridgehead atoms. The molecule has 8 atom stereocenters. The van der Waals surface area contributed by atoms with Crippen LogP contribution in [0, 0.1) is 23.7 Å². The highest BCUT2D eigenvalue weighted by Crippen LogP contribution is 2.95. The summed E-state index contributed by atoms with van der Waals surface area (Å²) in [6.07, 6.45) is 0. The third-order valence-corrected chi connectivity index (χ3v) is 10.2. The third kappa shape index (κ3) is 0.701. The first kappa shape index (κ1) is 13.8. The van der Waals surface area contributed by atoms with Gasteiger partial charge in [0.15, 0.2) is 0 Å². The molecule has 0 N–H and O–H groups in total. The van der Waals surface area contributed by atoms with Gasteiger partial charge in [-0.15, -0.1) is 46.4 Å². The third-order valence-electron chi connectivity index (χ3n) is 6.73. The van der Waals surface area contributed by atoms with Crippen LogP contribution in [0.5, 0.6) is 0 Å². The van der Waals surface area contributed by atoms with Crippen LogP contribution >= 0.6 is 46.4 Å². The van der Waals surface area contributed by atoms with Crippen molar-refractivity contribution in [1.82, 2.24) is 0 Å². The molecule has 0 spiro atoms. The Morgan fingerprint density at radius 3 is 1.29 bits per heavy atom. The molecule has 8 unspecified atom stereocenters. The van der Waals surface area contributed by atoms with E-state index in [2.05, 4.69) is 0 Å².